The molecule has 0 nitrogen and oxygen atoms in total. The van der Waals surface area contributed by atoms with Crippen molar-refractivity contribution in [3.05, 3.63) is 129 Å². The van der Waals surface area contributed by atoms with Gasteiger partial charge in [0.05, 0.1) is 0 Å². The summed E-state index contributed by atoms with van der Waals surface area (Å²) in [5.74, 6) is 1.17. The Balaban J connectivity index is 1.43. The van der Waals surface area contributed by atoms with E-state index in [-0.39, 0.29) is 16.2 Å². The van der Waals surface area contributed by atoms with Crippen molar-refractivity contribution < 1.29 is 0 Å². The fourth-order valence-corrected chi connectivity index (χ4v) is 11.3. The summed E-state index contributed by atoms with van der Waals surface area (Å²) in [7, 11) is 0. The maximum Gasteiger partial charge on any atom is 0.0473 e. The van der Waals surface area contributed by atoms with Crippen molar-refractivity contribution in [1.29, 1.82) is 0 Å². The van der Waals surface area contributed by atoms with Gasteiger partial charge in [-0.25, -0.2) is 0 Å². The van der Waals surface area contributed by atoms with Crippen molar-refractivity contribution in [2.75, 3.05) is 0 Å². The molecular formula is C46H48. The highest BCUT2D eigenvalue weighted by atomic mass is 14.6. The molecule has 0 radical (unpaired) electrons. The Bertz CT molecular complexity index is 2080. The van der Waals surface area contributed by atoms with E-state index in [1.165, 1.54) is 76.3 Å². The maximum absolute atomic E-state index is 2.73. The molecule has 5 aliphatic carbocycles. The van der Waals surface area contributed by atoms with Gasteiger partial charge in [0.1, 0.15) is 0 Å². The van der Waals surface area contributed by atoms with Gasteiger partial charge in [-0.15, -0.1) is 0 Å². The molecule has 2 atom stereocenters. The summed E-state index contributed by atoms with van der Waals surface area (Å²) >= 11 is 0. The lowest BCUT2D eigenvalue weighted by molar-refractivity contribution is 0.227. The van der Waals surface area contributed by atoms with Gasteiger partial charge in [-0.2, -0.15) is 0 Å². The second kappa shape index (κ2) is 9.47. The summed E-state index contributed by atoms with van der Waals surface area (Å²) in [6.07, 6.45) is 13.1. The van der Waals surface area contributed by atoms with Crippen LogP contribution in [-0.4, -0.2) is 0 Å². The first-order chi connectivity index (χ1) is 22.0. The van der Waals surface area contributed by atoms with Crippen molar-refractivity contribution in [1.82, 2.24) is 0 Å². The highest BCUT2D eigenvalue weighted by Gasteiger charge is 2.55. The van der Waals surface area contributed by atoms with E-state index in [1.807, 2.05) is 0 Å². The van der Waals surface area contributed by atoms with Gasteiger partial charge < -0.3 is 0 Å². The van der Waals surface area contributed by atoms with Gasteiger partial charge in [-0.05, 0) is 128 Å². The van der Waals surface area contributed by atoms with Crippen molar-refractivity contribution >= 4 is 21.9 Å². The Morgan fingerprint density at radius 3 is 2.22 bits per heavy atom. The third-order valence-electron chi connectivity index (χ3n) is 12.7. The lowest BCUT2D eigenvalue weighted by Crippen LogP contribution is -2.41. The van der Waals surface area contributed by atoms with Gasteiger partial charge in [0, 0.05) is 10.8 Å². The molecule has 0 saturated heterocycles. The summed E-state index contributed by atoms with van der Waals surface area (Å²) in [4.78, 5) is 0. The minimum atomic E-state index is -0.165. The SMILES string of the molecule is CC1=CC2(c3ccc4c(c3-c3cc(C(C)(C)C)c5ccccc5c32)C(C)(C)C2=C4Cc3ccccc32)C(C2CCCCC2)C(C)=C1. The van der Waals surface area contributed by atoms with Crippen LogP contribution in [0.1, 0.15) is 120 Å². The summed E-state index contributed by atoms with van der Waals surface area (Å²) in [5.41, 5.74) is 19.7. The summed E-state index contributed by atoms with van der Waals surface area (Å²) < 4.78 is 0. The quantitative estimate of drug-likeness (QED) is 0.204. The van der Waals surface area contributed by atoms with Crippen LogP contribution < -0.4 is 0 Å². The molecule has 1 saturated carbocycles. The van der Waals surface area contributed by atoms with Crippen LogP contribution >= 0.6 is 0 Å². The zero-order chi connectivity index (χ0) is 31.7. The van der Waals surface area contributed by atoms with Crippen LogP contribution in [0.25, 0.3) is 33.0 Å². The number of hydrogen-bond donors (Lipinski definition) is 0. The average Bonchev–Trinajstić information content (AvgIpc) is 3.62. The van der Waals surface area contributed by atoms with E-state index in [2.05, 4.69) is 127 Å². The van der Waals surface area contributed by atoms with Gasteiger partial charge >= 0.3 is 0 Å². The number of allylic oxidation sites excluding steroid dienone is 6. The Morgan fingerprint density at radius 2 is 1.46 bits per heavy atom. The maximum atomic E-state index is 2.73. The first-order valence-electron chi connectivity index (χ1n) is 18.0. The molecule has 46 heavy (non-hydrogen) atoms. The van der Waals surface area contributed by atoms with Crippen molar-refractivity contribution in [3.63, 3.8) is 0 Å². The molecule has 2 unspecified atom stereocenters. The van der Waals surface area contributed by atoms with Crippen LogP contribution in [0.2, 0.25) is 0 Å². The van der Waals surface area contributed by atoms with Gasteiger partial charge in [0.2, 0.25) is 0 Å². The molecule has 4 aromatic carbocycles. The smallest absolute Gasteiger partial charge is 0.0473 e. The molecule has 0 bridgehead atoms. The molecule has 1 spiro atoms. The van der Waals surface area contributed by atoms with E-state index in [1.54, 1.807) is 39.0 Å². The number of rotatable bonds is 1. The molecule has 0 N–H and O–H groups in total. The molecule has 0 heteroatoms. The largest absolute Gasteiger partial charge is 0.0681 e. The molecule has 0 aromatic heterocycles. The van der Waals surface area contributed by atoms with Crippen molar-refractivity contribution in [2.45, 2.75) is 103 Å². The van der Waals surface area contributed by atoms with E-state index in [9.17, 15) is 0 Å². The third-order valence-corrected chi connectivity index (χ3v) is 12.7. The number of benzene rings is 4. The van der Waals surface area contributed by atoms with Crippen LogP contribution in [0, 0.1) is 11.8 Å². The van der Waals surface area contributed by atoms with E-state index in [0.29, 0.717) is 11.8 Å². The first-order valence-corrected chi connectivity index (χ1v) is 18.0. The molecule has 9 rings (SSSR count). The second-order valence-electron chi connectivity index (χ2n) is 16.9. The fraction of sp³-hybridized carbons (Fsp3) is 0.391. The minimum Gasteiger partial charge on any atom is -0.0681 e. The Morgan fingerprint density at radius 1 is 0.739 bits per heavy atom. The summed E-state index contributed by atoms with van der Waals surface area (Å²) in [6, 6.07) is 26.4. The highest BCUT2D eigenvalue weighted by molar-refractivity contribution is 6.10. The Labute approximate surface area is 276 Å². The minimum absolute atomic E-state index is 0.0356. The monoisotopic (exact) mass is 600 g/mol. The average molecular weight is 601 g/mol. The number of hydrogen-bond acceptors (Lipinski definition) is 0. The summed E-state index contributed by atoms with van der Waals surface area (Å²) in [5, 5.41) is 2.91. The van der Waals surface area contributed by atoms with Crippen molar-refractivity contribution in [2.24, 2.45) is 11.8 Å². The Hall–Kier alpha value is -3.64. The normalized spacial score (nSPS) is 24.5. The molecule has 1 fully saturated rings. The zero-order valence-electron chi connectivity index (χ0n) is 28.9. The molecular weight excluding hydrogens is 553 g/mol. The first kappa shape index (κ1) is 28.6. The predicted octanol–water partition coefficient (Wildman–Crippen LogP) is 12.3. The molecule has 0 heterocycles. The molecule has 0 aliphatic heterocycles. The van der Waals surface area contributed by atoms with E-state index in [4.69, 9.17) is 0 Å². The van der Waals surface area contributed by atoms with Crippen LogP contribution in [0.5, 0.6) is 0 Å². The van der Waals surface area contributed by atoms with E-state index in [0.717, 1.165) is 6.42 Å². The summed E-state index contributed by atoms with van der Waals surface area (Å²) in [6.45, 7) is 17.1. The van der Waals surface area contributed by atoms with Crippen LogP contribution in [0.3, 0.4) is 0 Å². The topological polar surface area (TPSA) is 0 Å². The van der Waals surface area contributed by atoms with Crippen molar-refractivity contribution in [3.8, 4) is 11.1 Å². The Kier molecular flexibility index (Phi) is 5.88. The second-order valence-corrected chi connectivity index (χ2v) is 16.9. The lowest BCUT2D eigenvalue weighted by Gasteiger charge is -2.47. The highest BCUT2D eigenvalue weighted by Crippen LogP contribution is 2.67. The molecule has 0 amide bonds. The standard InChI is InChI=1S/C46H48/c1-27-23-28(2)40(29-15-9-8-10-16-29)46(26-27)37-22-21-34-35-24-30-17-11-12-18-31(30)41(35)45(6,7)43(34)39(37)36-25-38(44(3,4)5)32-19-13-14-20-33(32)42(36)46/h11-14,17-23,25-26,29,40H,8-10,15-16,24H2,1-7H3. The third kappa shape index (κ3) is 3.57. The van der Waals surface area contributed by atoms with Crippen LogP contribution in [0.4, 0.5) is 0 Å². The number of fused-ring (bicyclic) bond motifs is 12. The van der Waals surface area contributed by atoms with E-state index < -0.39 is 0 Å². The predicted molar refractivity (Wildman–Crippen MR) is 196 cm³/mol. The van der Waals surface area contributed by atoms with E-state index >= 15 is 0 Å². The molecule has 4 aromatic rings. The molecule has 232 valence electrons. The van der Waals surface area contributed by atoms with Gasteiger partial charge in [0.25, 0.3) is 0 Å². The van der Waals surface area contributed by atoms with Crippen LogP contribution in [-0.2, 0) is 22.7 Å². The van der Waals surface area contributed by atoms with Gasteiger partial charge in [-0.1, -0.05) is 138 Å². The zero-order valence-corrected chi connectivity index (χ0v) is 28.9. The molecule has 5 aliphatic rings. The van der Waals surface area contributed by atoms with Gasteiger partial charge in [0.15, 0.2) is 0 Å². The fourth-order valence-electron chi connectivity index (χ4n) is 11.3. The van der Waals surface area contributed by atoms with Crippen LogP contribution in [0.15, 0.2) is 90.0 Å². The van der Waals surface area contributed by atoms with Gasteiger partial charge in [-0.3, -0.25) is 0 Å². The lowest BCUT2D eigenvalue weighted by atomic mass is 9.56.